The van der Waals surface area contributed by atoms with Crippen molar-refractivity contribution in [3.63, 3.8) is 0 Å². The maximum absolute atomic E-state index is 5.43. The molecule has 88 valence electrons. The zero-order chi connectivity index (χ0) is 11.4. The summed E-state index contributed by atoms with van der Waals surface area (Å²) in [5, 5.41) is 0.976. The van der Waals surface area contributed by atoms with Crippen LogP contribution in [0.4, 0.5) is 5.82 Å². The van der Waals surface area contributed by atoms with Gasteiger partial charge in [0.25, 0.3) is 0 Å². The Bertz CT molecular complexity index is 342. The van der Waals surface area contributed by atoms with Crippen LogP contribution in [-0.2, 0) is 0 Å². The van der Waals surface area contributed by atoms with E-state index in [-0.39, 0.29) is 0 Å². The van der Waals surface area contributed by atoms with E-state index >= 15 is 0 Å². The summed E-state index contributed by atoms with van der Waals surface area (Å²) in [7, 11) is 0. The molecule has 0 aromatic carbocycles. The lowest BCUT2D eigenvalue weighted by molar-refractivity contribution is 0.327. The van der Waals surface area contributed by atoms with Gasteiger partial charge in [-0.3, -0.25) is 0 Å². The van der Waals surface area contributed by atoms with Crippen molar-refractivity contribution in [2.24, 2.45) is 0 Å². The van der Waals surface area contributed by atoms with Crippen LogP contribution in [0.3, 0.4) is 0 Å². The number of alkyl halides is 1. The number of anilines is 1. The lowest BCUT2D eigenvalue weighted by atomic mass is 10.4. The molecule has 1 aromatic rings. The fourth-order valence-electron chi connectivity index (χ4n) is 1.75. The van der Waals surface area contributed by atoms with E-state index in [0.717, 1.165) is 23.6 Å². The molecule has 0 amide bonds. The highest BCUT2D eigenvalue weighted by atomic mass is 79.9. The standard InChI is InChI=1S/C12H17BrN2O/c1-2-16-12-5-3-4-11(14-12)15(9-8-13)10-6-7-10/h3-5,10H,2,6-9H2,1H3. The minimum absolute atomic E-state index is 0.665. The van der Waals surface area contributed by atoms with E-state index in [1.54, 1.807) is 0 Å². The first-order valence-corrected chi connectivity index (χ1v) is 6.89. The molecule has 16 heavy (non-hydrogen) atoms. The first-order chi connectivity index (χ1) is 7.85. The number of aromatic nitrogens is 1. The van der Waals surface area contributed by atoms with Crippen molar-refractivity contribution in [2.75, 3.05) is 23.4 Å². The molecule has 1 aliphatic carbocycles. The summed E-state index contributed by atoms with van der Waals surface area (Å²) >= 11 is 3.49. The molecule has 0 atom stereocenters. The van der Waals surface area contributed by atoms with Gasteiger partial charge in [0.2, 0.25) is 5.88 Å². The van der Waals surface area contributed by atoms with E-state index < -0.39 is 0 Å². The Morgan fingerprint density at radius 3 is 2.94 bits per heavy atom. The molecule has 0 spiro atoms. The minimum Gasteiger partial charge on any atom is -0.478 e. The van der Waals surface area contributed by atoms with E-state index in [1.807, 2.05) is 19.1 Å². The van der Waals surface area contributed by atoms with Crippen LogP contribution in [0.2, 0.25) is 0 Å². The molecule has 1 heterocycles. The van der Waals surface area contributed by atoms with Crippen molar-refractivity contribution in [2.45, 2.75) is 25.8 Å². The molecule has 1 aliphatic rings. The van der Waals surface area contributed by atoms with E-state index in [9.17, 15) is 0 Å². The Balaban J connectivity index is 2.12. The fourth-order valence-corrected chi connectivity index (χ4v) is 2.14. The van der Waals surface area contributed by atoms with Crippen LogP contribution >= 0.6 is 15.9 Å². The highest BCUT2D eigenvalue weighted by Crippen LogP contribution is 2.31. The average Bonchev–Trinajstić information content (AvgIpc) is 3.11. The predicted molar refractivity (Wildman–Crippen MR) is 69.6 cm³/mol. The summed E-state index contributed by atoms with van der Waals surface area (Å²) in [6.07, 6.45) is 2.57. The highest BCUT2D eigenvalue weighted by molar-refractivity contribution is 9.09. The van der Waals surface area contributed by atoms with Gasteiger partial charge in [-0.15, -0.1) is 0 Å². The molecule has 1 saturated carbocycles. The van der Waals surface area contributed by atoms with Crippen LogP contribution in [0.5, 0.6) is 5.88 Å². The molecule has 0 unspecified atom stereocenters. The summed E-state index contributed by atoms with van der Waals surface area (Å²) in [5.41, 5.74) is 0. The average molecular weight is 285 g/mol. The molecule has 0 aliphatic heterocycles. The maximum atomic E-state index is 5.43. The van der Waals surface area contributed by atoms with Gasteiger partial charge in [0, 0.05) is 24.0 Å². The smallest absolute Gasteiger partial charge is 0.215 e. The summed E-state index contributed by atoms with van der Waals surface area (Å²) in [6, 6.07) is 6.66. The normalized spacial score (nSPS) is 14.9. The fraction of sp³-hybridized carbons (Fsp3) is 0.583. The van der Waals surface area contributed by atoms with Crippen molar-refractivity contribution >= 4 is 21.7 Å². The first-order valence-electron chi connectivity index (χ1n) is 5.77. The predicted octanol–water partition coefficient (Wildman–Crippen LogP) is 2.84. The number of rotatable bonds is 6. The number of hydrogen-bond donors (Lipinski definition) is 0. The number of ether oxygens (including phenoxy) is 1. The summed E-state index contributed by atoms with van der Waals surface area (Å²) in [4.78, 5) is 6.88. The van der Waals surface area contributed by atoms with Gasteiger partial charge < -0.3 is 9.64 Å². The zero-order valence-electron chi connectivity index (χ0n) is 9.53. The van der Waals surface area contributed by atoms with Gasteiger partial charge in [-0.25, -0.2) is 0 Å². The Labute approximate surface area is 105 Å². The van der Waals surface area contributed by atoms with Gasteiger partial charge in [0.05, 0.1) is 6.61 Å². The van der Waals surface area contributed by atoms with E-state index in [1.165, 1.54) is 12.8 Å². The molecule has 0 saturated heterocycles. The van der Waals surface area contributed by atoms with Gasteiger partial charge in [-0.05, 0) is 25.8 Å². The van der Waals surface area contributed by atoms with Crippen LogP contribution in [-0.4, -0.2) is 29.5 Å². The second-order valence-electron chi connectivity index (χ2n) is 3.88. The van der Waals surface area contributed by atoms with Gasteiger partial charge in [0.15, 0.2) is 0 Å². The molecule has 1 fully saturated rings. The van der Waals surface area contributed by atoms with E-state index in [4.69, 9.17) is 4.74 Å². The third kappa shape index (κ3) is 2.88. The molecular formula is C12H17BrN2O. The molecule has 2 rings (SSSR count). The quantitative estimate of drug-likeness (QED) is 0.751. The Morgan fingerprint density at radius 1 is 1.50 bits per heavy atom. The number of halogens is 1. The van der Waals surface area contributed by atoms with Crippen molar-refractivity contribution in [3.05, 3.63) is 18.2 Å². The topological polar surface area (TPSA) is 25.4 Å². The molecule has 4 heteroatoms. The number of pyridine rings is 1. The van der Waals surface area contributed by atoms with Crippen molar-refractivity contribution < 1.29 is 4.74 Å². The second-order valence-corrected chi connectivity index (χ2v) is 4.67. The summed E-state index contributed by atoms with van der Waals surface area (Å²) < 4.78 is 5.43. The van der Waals surface area contributed by atoms with Crippen LogP contribution < -0.4 is 9.64 Å². The molecule has 3 nitrogen and oxygen atoms in total. The molecule has 0 N–H and O–H groups in total. The van der Waals surface area contributed by atoms with E-state index in [2.05, 4.69) is 31.9 Å². The Hall–Kier alpha value is -0.770. The van der Waals surface area contributed by atoms with Crippen LogP contribution in [0, 0.1) is 0 Å². The lowest BCUT2D eigenvalue weighted by Gasteiger charge is -2.22. The second kappa shape index (κ2) is 5.53. The third-order valence-corrected chi connectivity index (χ3v) is 2.96. The highest BCUT2D eigenvalue weighted by Gasteiger charge is 2.29. The lowest BCUT2D eigenvalue weighted by Crippen LogP contribution is -2.28. The monoisotopic (exact) mass is 284 g/mol. The number of nitrogens with zero attached hydrogens (tertiary/aromatic N) is 2. The molecule has 0 radical (unpaired) electrons. The first kappa shape index (κ1) is 11.7. The van der Waals surface area contributed by atoms with Crippen molar-refractivity contribution in [3.8, 4) is 5.88 Å². The van der Waals surface area contributed by atoms with Crippen LogP contribution in [0.1, 0.15) is 19.8 Å². The van der Waals surface area contributed by atoms with E-state index in [0.29, 0.717) is 12.6 Å². The van der Waals surface area contributed by atoms with Gasteiger partial charge >= 0.3 is 0 Å². The molecular weight excluding hydrogens is 268 g/mol. The maximum Gasteiger partial charge on any atom is 0.215 e. The zero-order valence-corrected chi connectivity index (χ0v) is 11.1. The molecule has 1 aromatic heterocycles. The Kier molecular flexibility index (Phi) is 4.04. The van der Waals surface area contributed by atoms with Gasteiger partial charge in [-0.2, -0.15) is 4.98 Å². The van der Waals surface area contributed by atoms with Crippen molar-refractivity contribution in [1.29, 1.82) is 0 Å². The minimum atomic E-state index is 0.665. The molecule has 0 bridgehead atoms. The SMILES string of the molecule is CCOc1cccc(N(CCBr)C2CC2)n1. The van der Waals surface area contributed by atoms with Crippen molar-refractivity contribution in [1.82, 2.24) is 4.98 Å². The largest absolute Gasteiger partial charge is 0.478 e. The summed E-state index contributed by atoms with van der Waals surface area (Å²) in [6.45, 7) is 3.65. The van der Waals surface area contributed by atoms with Gasteiger partial charge in [-0.1, -0.05) is 22.0 Å². The van der Waals surface area contributed by atoms with Gasteiger partial charge in [0.1, 0.15) is 5.82 Å². The van der Waals surface area contributed by atoms with Crippen LogP contribution in [0.25, 0.3) is 0 Å². The Morgan fingerprint density at radius 2 is 2.31 bits per heavy atom. The van der Waals surface area contributed by atoms with Crippen LogP contribution in [0.15, 0.2) is 18.2 Å². The number of hydrogen-bond acceptors (Lipinski definition) is 3. The third-order valence-electron chi connectivity index (χ3n) is 2.61. The summed E-state index contributed by atoms with van der Waals surface area (Å²) in [5.74, 6) is 1.76.